The summed E-state index contributed by atoms with van der Waals surface area (Å²) in [6, 6.07) is 3.66. The van der Waals surface area contributed by atoms with Crippen LogP contribution in [0.4, 0.5) is 0 Å². The van der Waals surface area contributed by atoms with Crippen molar-refractivity contribution in [1.29, 1.82) is 5.41 Å². The zero-order chi connectivity index (χ0) is 12.5. The third kappa shape index (κ3) is 4.93. The van der Waals surface area contributed by atoms with Gasteiger partial charge in [-0.05, 0) is 12.5 Å². The number of nitrogen functional groups attached to an aromatic ring is 1. The maximum absolute atomic E-state index is 7.38. The van der Waals surface area contributed by atoms with Crippen molar-refractivity contribution >= 4 is 5.84 Å². The molecular weight excluding hydrogens is 218 g/mol. The van der Waals surface area contributed by atoms with Crippen molar-refractivity contribution < 1.29 is 9.47 Å². The molecule has 17 heavy (non-hydrogen) atoms. The first-order valence-electron chi connectivity index (χ1n) is 5.69. The molecular formula is C12H19N3O2. The molecule has 0 saturated carbocycles. The standard InChI is InChI=1S/C12H19N3O2/c1-2-6-16-7-8-17-9-10-4-3-5-15-11(10)12(13)14/h3-5H,2,6-9H2,1H3,(H3,13,14). The van der Waals surface area contributed by atoms with Crippen molar-refractivity contribution in [2.75, 3.05) is 19.8 Å². The molecule has 0 unspecified atom stereocenters. The lowest BCUT2D eigenvalue weighted by Gasteiger charge is -2.08. The van der Waals surface area contributed by atoms with E-state index in [9.17, 15) is 0 Å². The van der Waals surface area contributed by atoms with Crippen LogP contribution in [0.25, 0.3) is 0 Å². The molecule has 1 aromatic rings. The van der Waals surface area contributed by atoms with E-state index in [-0.39, 0.29) is 5.84 Å². The molecule has 1 rings (SSSR count). The Morgan fingerprint density at radius 1 is 1.35 bits per heavy atom. The maximum atomic E-state index is 7.38. The van der Waals surface area contributed by atoms with Gasteiger partial charge in [-0.2, -0.15) is 0 Å². The van der Waals surface area contributed by atoms with Crippen molar-refractivity contribution in [3.8, 4) is 0 Å². The highest BCUT2D eigenvalue weighted by molar-refractivity contribution is 5.94. The van der Waals surface area contributed by atoms with Crippen LogP contribution in [0.5, 0.6) is 0 Å². The van der Waals surface area contributed by atoms with Gasteiger partial charge in [0.1, 0.15) is 11.5 Å². The fourth-order valence-corrected chi connectivity index (χ4v) is 1.34. The summed E-state index contributed by atoms with van der Waals surface area (Å²) in [5, 5.41) is 7.38. The zero-order valence-electron chi connectivity index (χ0n) is 10.1. The highest BCUT2D eigenvalue weighted by Crippen LogP contribution is 2.06. The number of nitrogens with zero attached hydrogens (tertiary/aromatic N) is 1. The van der Waals surface area contributed by atoms with E-state index >= 15 is 0 Å². The number of rotatable bonds is 8. The molecule has 0 fully saturated rings. The smallest absolute Gasteiger partial charge is 0.142 e. The second kappa shape index (κ2) is 7.76. The van der Waals surface area contributed by atoms with E-state index in [4.69, 9.17) is 20.6 Å². The van der Waals surface area contributed by atoms with Gasteiger partial charge in [0, 0.05) is 18.4 Å². The van der Waals surface area contributed by atoms with Gasteiger partial charge in [-0.25, -0.2) is 0 Å². The molecule has 5 heteroatoms. The number of nitrogens with one attached hydrogen (secondary N) is 1. The number of nitrogens with two attached hydrogens (primary N) is 1. The van der Waals surface area contributed by atoms with Gasteiger partial charge in [0.15, 0.2) is 0 Å². The molecule has 0 aliphatic heterocycles. The molecule has 0 bridgehead atoms. The summed E-state index contributed by atoms with van der Waals surface area (Å²) in [7, 11) is 0. The number of hydrogen-bond donors (Lipinski definition) is 2. The Hall–Kier alpha value is -1.46. The zero-order valence-corrected chi connectivity index (χ0v) is 10.1. The Morgan fingerprint density at radius 3 is 2.82 bits per heavy atom. The highest BCUT2D eigenvalue weighted by atomic mass is 16.5. The second-order valence-corrected chi connectivity index (χ2v) is 3.59. The summed E-state index contributed by atoms with van der Waals surface area (Å²) in [5.41, 5.74) is 6.74. The van der Waals surface area contributed by atoms with Gasteiger partial charge in [0.25, 0.3) is 0 Å². The number of ether oxygens (including phenoxy) is 2. The number of aromatic nitrogens is 1. The third-order valence-electron chi connectivity index (χ3n) is 2.12. The summed E-state index contributed by atoms with van der Waals surface area (Å²) in [5.74, 6) is -0.0357. The summed E-state index contributed by atoms with van der Waals surface area (Å²) < 4.78 is 10.7. The van der Waals surface area contributed by atoms with Crippen LogP contribution in [-0.2, 0) is 16.1 Å². The predicted octanol–water partition coefficient (Wildman–Crippen LogP) is 1.31. The van der Waals surface area contributed by atoms with E-state index in [1.165, 1.54) is 0 Å². The molecule has 94 valence electrons. The topological polar surface area (TPSA) is 81.2 Å². The SMILES string of the molecule is CCCOCCOCc1cccnc1C(=N)N. The van der Waals surface area contributed by atoms with Crippen LogP contribution in [0.15, 0.2) is 18.3 Å². The summed E-state index contributed by atoms with van der Waals surface area (Å²) in [6.07, 6.45) is 2.63. The normalized spacial score (nSPS) is 10.4. The van der Waals surface area contributed by atoms with E-state index in [0.717, 1.165) is 18.6 Å². The van der Waals surface area contributed by atoms with Crippen LogP contribution < -0.4 is 5.73 Å². The van der Waals surface area contributed by atoms with E-state index < -0.39 is 0 Å². The minimum Gasteiger partial charge on any atom is -0.382 e. The van der Waals surface area contributed by atoms with Gasteiger partial charge in [-0.1, -0.05) is 13.0 Å². The Kier molecular flexibility index (Phi) is 6.21. The fraction of sp³-hybridized carbons (Fsp3) is 0.500. The van der Waals surface area contributed by atoms with Crippen molar-refractivity contribution in [3.63, 3.8) is 0 Å². The third-order valence-corrected chi connectivity index (χ3v) is 2.12. The van der Waals surface area contributed by atoms with Gasteiger partial charge in [0.05, 0.1) is 19.8 Å². The van der Waals surface area contributed by atoms with Crippen LogP contribution in [0.3, 0.4) is 0 Å². The van der Waals surface area contributed by atoms with E-state index in [1.54, 1.807) is 12.3 Å². The van der Waals surface area contributed by atoms with Gasteiger partial charge in [0.2, 0.25) is 0 Å². The van der Waals surface area contributed by atoms with E-state index in [2.05, 4.69) is 11.9 Å². The van der Waals surface area contributed by atoms with E-state index in [1.807, 2.05) is 6.07 Å². The summed E-state index contributed by atoms with van der Waals surface area (Å²) >= 11 is 0. The Balaban J connectivity index is 2.34. The van der Waals surface area contributed by atoms with Gasteiger partial charge < -0.3 is 15.2 Å². The Morgan fingerprint density at radius 2 is 2.12 bits per heavy atom. The molecule has 0 aliphatic carbocycles. The van der Waals surface area contributed by atoms with E-state index in [0.29, 0.717) is 25.5 Å². The molecule has 1 heterocycles. The number of pyridine rings is 1. The average Bonchev–Trinajstić information content (AvgIpc) is 2.34. The van der Waals surface area contributed by atoms with Crippen LogP contribution in [0, 0.1) is 5.41 Å². The molecule has 1 aromatic heterocycles. The Labute approximate surface area is 101 Å². The van der Waals surface area contributed by atoms with Crippen LogP contribution >= 0.6 is 0 Å². The highest BCUT2D eigenvalue weighted by Gasteiger charge is 2.05. The molecule has 0 radical (unpaired) electrons. The largest absolute Gasteiger partial charge is 0.382 e. The molecule has 0 amide bonds. The molecule has 3 N–H and O–H groups in total. The molecule has 0 aromatic carbocycles. The minimum atomic E-state index is -0.0357. The Bertz CT molecular complexity index is 355. The predicted molar refractivity (Wildman–Crippen MR) is 66.0 cm³/mol. The number of amidine groups is 1. The summed E-state index contributed by atoms with van der Waals surface area (Å²) in [4.78, 5) is 4.05. The van der Waals surface area contributed by atoms with Gasteiger partial charge >= 0.3 is 0 Å². The first-order valence-corrected chi connectivity index (χ1v) is 5.69. The second-order valence-electron chi connectivity index (χ2n) is 3.59. The average molecular weight is 237 g/mol. The van der Waals surface area contributed by atoms with Crippen molar-refractivity contribution in [3.05, 3.63) is 29.6 Å². The minimum absolute atomic E-state index is 0.0357. The molecule has 0 atom stereocenters. The lowest BCUT2D eigenvalue weighted by atomic mass is 10.2. The number of hydrogen-bond acceptors (Lipinski definition) is 4. The van der Waals surface area contributed by atoms with Crippen molar-refractivity contribution in [1.82, 2.24) is 4.98 Å². The molecule has 5 nitrogen and oxygen atoms in total. The maximum Gasteiger partial charge on any atom is 0.142 e. The quantitative estimate of drug-likeness (QED) is 0.406. The van der Waals surface area contributed by atoms with Crippen LogP contribution in [-0.4, -0.2) is 30.6 Å². The van der Waals surface area contributed by atoms with Crippen LogP contribution in [0.2, 0.25) is 0 Å². The van der Waals surface area contributed by atoms with Crippen LogP contribution in [0.1, 0.15) is 24.6 Å². The molecule has 0 spiro atoms. The van der Waals surface area contributed by atoms with Gasteiger partial charge in [-0.15, -0.1) is 0 Å². The van der Waals surface area contributed by atoms with Crippen molar-refractivity contribution in [2.24, 2.45) is 5.73 Å². The molecule has 0 aliphatic rings. The first-order chi connectivity index (χ1) is 8.25. The fourth-order valence-electron chi connectivity index (χ4n) is 1.34. The summed E-state index contributed by atoms with van der Waals surface area (Å²) in [6.45, 7) is 4.35. The lowest BCUT2D eigenvalue weighted by Crippen LogP contribution is -2.16. The monoisotopic (exact) mass is 237 g/mol. The first kappa shape index (κ1) is 13.6. The molecule has 0 saturated heterocycles. The van der Waals surface area contributed by atoms with Gasteiger partial charge in [-0.3, -0.25) is 10.4 Å². The lowest BCUT2D eigenvalue weighted by molar-refractivity contribution is 0.0407. The van der Waals surface area contributed by atoms with Crippen molar-refractivity contribution in [2.45, 2.75) is 20.0 Å².